The highest BCUT2D eigenvalue weighted by Crippen LogP contribution is 2.22. The number of hydrogen-bond acceptors (Lipinski definition) is 3. The first kappa shape index (κ1) is 19.7. The van der Waals surface area contributed by atoms with Crippen LogP contribution in [0.4, 0.5) is 11.4 Å². The van der Waals surface area contributed by atoms with Crippen LogP contribution in [0.3, 0.4) is 0 Å². The molecule has 0 atom stereocenters. The Hall–Kier alpha value is -3.06. The predicted octanol–water partition coefficient (Wildman–Crippen LogP) is 5.23. The third-order valence-corrected chi connectivity index (χ3v) is 5.26. The largest absolute Gasteiger partial charge is 0.372 e. The molecule has 28 heavy (non-hydrogen) atoms. The van der Waals surface area contributed by atoms with Gasteiger partial charge in [0, 0.05) is 24.5 Å². The fourth-order valence-corrected chi connectivity index (χ4v) is 3.62. The molecule has 2 aromatic carbocycles. The van der Waals surface area contributed by atoms with Crippen LogP contribution < -0.4 is 10.2 Å². The molecule has 4 heteroatoms. The summed E-state index contributed by atoms with van der Waals surface area (Å²) in [4.78, 5) is 15.0. The molecule has 1 amide bonds. The summed E-state index contributed by atoms with van der Waals surface area (Å²) in [6, 6.07) is 16.0. The minimum absolute atomic E-state index is 0.102. The summed E-state index contributed by atoms with van der Waals surface area (Å²) in [5.74, 6) is -0.378. The molecular formula is C24H27N3O. The van der Waals surface area contributed by atoms with E-state index < -0.39 is 0 Å². The zero-order chi connectivity index (χ0) is 19.9. The van der Waals surface area contributed by atoms with E-state index in [0.717, 1.165) is 35.5 Å². The summed E-state index contributed by atoms with van der Waals surface area (Å²) < 4.78 is 0. The van der Waals surface area contributed by atoms with E-state index in [4.69, 9.17) is 0 Å². The number of amides is 1. The standard InChI is InChI=1S/C24H27N3O/c1-18-8-7-9-19(2)23(18)26-24(28)21(17-25)16-20-10-12-22(13-11-20)27-14-5-3-4-6-15-27/h7-13,16H,3-6,14-15H2,1-2H3,(H,26,28)/b21-16+. The molecule has 1 aliphatic rings. The molecule has 0 unspecified atom stereocenters. The van der Waals surface area contributed by atoms with Crippen molar-refractivity contribution in [3.05, 3.63) is 64.7 Å². The van der Waals surface area contributed by atoms with Gasteiger partial charge < -0.3 is 10.2 Å². The number of rotatable bonds is 4. The van der Waals surface area contributed by atoms with Crippen LogP contribution >= 0.6 is 0 Å². The summed E-state index contributed by atoms with van der Waals surface area (Å²) in [5.41, 5.74) is 4.89. The van der Waals surface area contributed by atoms with E-state index in [1.807, 2.05) is 50.2 Å². The second kappa shape index (κ2) is 9.23. The van der Waals surface area contributed by atoms with Crippen molar-refractivity contribution < 1.29 is 4.79 Å². The van der Waals surface area contributed by atoms with E-state index in [0.29, 0.717) is 0 Å². The molecule has 0 saturated carbocycles. The van der Waals surface area contributed by atoms with Crippen molar-refractivity contribution in [1.82, 2.24) is 0 Å². The Bertz CT molecular complexity index is 878. The molecule has 144 valence electrons. The van der Waals surface area contributed by atoms with Gasteiger partial charge in [-0.25, -0.2) is 0 Å². The summed E-state index contributed by atoms with van der Waals surface area (Å²) >= 11 is 0. The molecule has 3 rings (SSSR count). The Morgan fingerprint density at radius 1 is 1.00 bits per heavy atom. The molecule has 4 nitrogen and oxygen atoms in total. The number of benzene rings is 2. The predicted molar refractivity (Wildman–Crippen MR) is 115 cm³/mol. The zero-order valence-electron chi connectivity index (χ0n) is 16.7. The second-order valence-electron chi connectivity index (χ2n) is 7.38. The number of para-hydroxylation sites is 1. The maximum absolute atomic E-state index is 12.6. The van der Waals surface area contributed by atoms with Gasteiger partial charge in [-0.2, -0.15) is 5.26 Å². The van der Waals surface area contributed by atoms with Crippen LogP contribution in [-0.4, -0.2) is 19.0 Å². The van der Waals surface area contributed by atoms with Crippen LogP contribution in [0.1, 0.15) is 42.4 Å². The SMILES string of the molecule is Cc1cccc(C)c1NC(=O)/C(C#N)=C/c1ccc(N2CCCCCC2)cc1. The van der Waals surface area contributed by atoms with Crippen molar-refractivity contribution in [2.24, 2.45) is 0 Å². The van der Waals surface area contributed by atoms with Crippen LogP contribution in [0.15, 0.2) is 48.0 Å². The van der Waals surface area contributed by atoms with Crippen molar-refractivity contribution in [3.8, 4) is 6.07 Å². The van der Waals surface area contributed by atoms with Gasteiger partial charge in [-0.3, -0.25) is 4.79 Å². The fourth-order valence-electron chi connectivity index (χ4n) is 3.62. The fraction of sp³-hybridized carbons (Fsp3) is 0.333. The van der Waals surface area contributed by atoms with Crippen molar-refractivity contribution in [2.45, 2.75) is 39.5 Å². The average Bonchev–Trinajstić information content (AvgIpc) is 2.99. The van der Waals surface area contributed by atoms with Gasteiger partial charge in [0.05, 0.1) is 0 Å². The van der Waals surface area contributed by atoms with Gasteiger partial charge in [0.25, 0.3) is 5.91 Å². The van der Waals surface area contributed by atoms with Crippen molar-refractivity contribution in [1.29, 1.82) is 5.26 Å². The second-order valence-corrected chi connectivity index (χ2v) is 7.38. The lowest BCUT2D eigenvalue weighted by Gasteiger charge is -2.22. The van der Waals surface area contributed by atoms with Crippen molar-refractivity contribution in [2.75, 3.05) is 23.3 Å². The highest BCUT2D eigenvalue weighted by atomic mass is 16.1. The molecule has 0 bridgehead atoms. The maximum Gasteiger partial charge on any atom is 0.266 e. The summed E-state index contributed by atoms with van der Waals surface area (Å²) in [6.07, 6.45) is 6.73. The Morgan fingerprint density at radius 2 is 1.61 bits per heavy atom. The molecule has 0 aromatic heterocycles. The molecule has 0 aliphatic carbocycles. The first-order valence-corrected chi connectivity index (χ1v) is 9.93. The minimum Gasteiger partial charge on any atom is -0.372 e. The first-order valence-electron chi connectivity index (χ1n) is 9.93. The Balaban J connectivity index is 1.75. The lowest BCUT2D eigenvalue weighted by molar-refractivity contribution is -0.112. The number of carbonyl (C=O) groups is 1. The number of anilines is 2. The van der Waals surface area contributed by atoms with Gasteiger partial charge in [-0.05, 0) is 61.6 Å². The van der Waals surface area contributed by atoms with Gasteiger partial charge in [-0.1, -0.05) is 43.2 Å². The number of aryl methyl sites for hydroxylation is 2. The minimum atomic E-state index is -0.378. The van der Waals surface area contributed by atoms with Crippen molar-refractivity contribution in [3.63, 3.8) is 0 Å². The van der Waals surface area contributed by atoms with E-state index in [1.165, 1.54) is 31.4 Å². The van der Waals surface area contributed by atoms with Crippen molar-refractivity contribution >= 4 is 23.4 Å². The summed E-state index contributed by atoms with van der Waals surface area (Å²) in [6.45, 7) is 6.08. The topological polar surface area (TPSA) is 56.1 Å². The zero-order valence-corrected chi connectivity index (χ0v) is 16.7. The highest BCUT2D eigenvalue weighted by molar-refractivity contribution is 6.10. The van der Waals surface area contributed by atoms with E-state index in [2.05, 4.69) is 22.3 Å². The van der Waals surface area contributed by atoms with Gasteiger partial charge in [0.2, 0.25) is 0 Å². The van der Waals surface area contributed by atoms with Crippen LogP contribution in [0, 0.1) is 25.2 Å². The average molecular weight is 374 g/mol. The monoisotopic (exact) mass is 373 g/mol. The lowest BCUT2D eigenvalue weighted by atomic mass is 10.1. The molecule has 0 spiro atoms. The van der Waals surface area contributed by atoms with Gasteiger partial charge in [0.1, 0.15) is 11.6 Å². The van der Waals surface area contributed by atoms with E-state index in [9.17, 15) is 10.1 Å². The Morgan fingerprint density at radius 3 is 2.18 bits per heavy atom. The third-order valence-electron chi connectivity index (χ3n) is 5.26. The smallest absolute Gasteiger partial charge is 0.266 e. The number of nitriles is 1. The first-order chi connectivity index (χ1) is 13.6. The highest BCUT2D eigenvalue weighted by Gasteiger charge is 2.13. The number of nitrogens with zero attached hydrogens (tertiary/aromatic N) is 2. The van der Waals surface area contributed by atoms with E-state index >= 15 is 0 Å². The number of nitrogens with one attached hydrogen (secondary N) is 1. The number of carbonyl (C=O) groups excluding carboxylic acids is 1. The van der Waals surface area contributed by atoms with Gasteiger partial charge in [0.15, 0.2) is 0 Å². The van der Waals surface area contributed by atoms with Crippen LogP contribution in [0.5, 0.6) is 0 Å². The van der Waals surface area contributed by atoms with Crippen LogP contribution in [0.25, 0.3) is 6.08 Å². The molecule has 1 fully saturated rings. The maximum atomic E-state index is 12.6. The molecular weight excluding hydrogens is 346 g/mol. The van der Waals surface area contributed by atoms with E-state index in [-0.39, 0.29) is 11.5 Å². The van der Waals surface area contributed by atoms with E-state index in [1.54, 1.807) is 6.08 Å². The number of hydrogen-bond donors (Lipinski definition) is 1. The van der Waals surface area contributed by atoms with Crippen LogP contribution in [-0.2, 0) is 4.79 Å². The molecule has 1 heterocycles. The molecule has 1 saturated heterocycles. The van der Waals surface area contributed by atoms with Gasteiger partial charge >= 0.3 is 0 Å². The third kappa shape index (κ3) is 4.80. The molecule has 1 N–H and O–H groups in total. The quantitative estimate of drug-likeness (QED) is 0.590. The Labute approximate surface area is 167 Å². The van der Waals surface area contributed by atoms with Gasteiger partial charge in [-0.15, -0.1) is 0 Å². The lowest BCUT2D eigenvalue weighted by Crippen LogP contribution is -2.23. The van der Waals surface area contributed by atoms with Crippen LogP contribution in [0.2, 0.25) is 0 Å². The summed E-state index contributed by atoms with van der Waals surface area (Å²) in [7, 11) is 0. The molecule has 2 aromatic rings. The molecule has 0 radical (unpaired) electrons. The normalized spacial score (nSPS) is 14.9. The molecule has 1 aliphatic heterocycles. The summed E-state index contributed by atoms with van der Waals surface area (Å²) in [5, 5.41) is 12.4. The Kier molecular flexibility index (Phi) is 6.49.